The van der Waals surface area contributed by atoms with Crippen LogP contribution in [0.25, 0.3) is 10.7 Å². The number of carboxylic acid groups (broad SMARTS) is 1. The van der Waals surface area contributed by atoms with Crippen molar-refractivity contribution in [3.63, 3.8) is 0 Å². The fourth-order valence-corrected chi connectivity index (χ4v) is 5.77. The number of benzene rings is 1. The number of halogens is 1. The largest absolute Gasteiger partial charge is 0.491 e. The number of aromatic nitrogens is 5. The minimum atomic E-state index is -1.01. The van der Waals surface area contributed by atoms with Gasteiger partial charge in [-0.25, -0.2) is 4.98 Å². The van der Waals surface area contributed by atoms with Gasteiger partial charge in [-0.3, -0.25) is 4.79 Å². The predicted octanol–water partition coefficient (Wildman–Crippen LogP) is 2.90. The van der Waals surface area contributed by atoms with Crippen LogP contribution < -0.4 is 14.5 Å². The molecule has 1 saturated carbocycles. The number of carbonyl (C=O) groups is 1. The summed E-state index contributed by atoms with van der Waals surface area (Å²) < 4.78 is 6.14. The molecule has 0 spiro atoms. The smallest absolute Gasteiger partial charge is 0.327 e. The lowest BCUT2D eigenvalue weighted by molar-refractivity contribution is -0.138. The first-order valence-corrected chi connectivity index (χ1v) is 12.6. The molecule has 34 heavy (non-hydrogen) atoms. The molecule has 1 aliphatic carbocycles. The molecule has 3 fully saturated rings. The molecule has 3 aliphatic rings. The van der Waals surface area contributed by atoms with Crippen LogP contribution in [-0.2, 0) is 11.3 Å². The molecule has 0 radical (unpaired) electrons. The van der Waals surface area contributed by atoms with Gasteiger partial charge >= 0.3 is 5.97 Å². The molecule has 2 aromatic heterocycles. The molecule has 6 rings (SSSR count). The summed E-state index contributed by atoms with van der Waals surface area (Å²) in [4.78, 5) is 22.0. The van der Waals surface area contributed by atoms with Crippen LogP contribution >= 0.6 is 22.9 Å². The van der Waals surface area contributed by atoms with Gasteiger partial charge in [-0.05, 0) is 42.2 Å². The molecular weight excluding hydrogens is 478 g/mol. The van der Waals surface area contributed by atoms with Gasteiger partial charge in [0, 0.05) is 43.0 Å². The molecule has 0 amide bonds. The number of hydrogen-bond acceptors (Lipinski definition) is 9. The van der Waals surface area contributed by atoms with E-state index in [4.69, 9.17) is 21.4 Å². The number of carboxylic acids is 1. The number of nitrogens with zero attached hydrogens (tertiary/aromatic N) is 7. The average molecular weight is 502 g/mol. The fourth-order valence-electron chi connectivity index (χ4n) is 4.74. The van der Waals surface area contributed by atoms with E-state index in [2.05, 4.69) is 30.2 Å². The highest BCUT2D eigenvalue weighted by molar-refractivity contribution is 7.18. The van der Waals surface area contributed by atoms with Gasteiger partial charge < -0.3 is 19.6 Å². The van der Waals surface area contributed by atoms with Crippen molar-refractivity contribution in [1.82, 2.24) is 25.2 Å². The zero-order chi connectivity index (χ0) is 23.2. The van der Waals surface area contributed by atoms with Crippen LogP contribution in [0.5, 0.6) is 5.75 Å². The summed E-state index contributed by atoms with van der Waals surface area (Å²) in [5.41, 5.74) is 1.10. The van der Waals surface area contributed by atoms with Crippen LogP contribution in [0.1, 0.15) is 12.8 Å². The molecule has 4 heterocycles. The van der Waals surface area contributed by atoms with Gasteiger partial charge in [-0.2, -0.15) is 4.80 Å². The lowest BCUT2D eigenvalue weighted by atomic mass is 10.0. The van der Waals surface area contributed by atoms with E-state index in [0.717, 1.165) is 64.1 Å². The summed E-state index contributed by atoms with van der Waals surface area (Å²) >= 11 is 7.84. The molecule has 0 bridgehead atoms. The minimum Gasteiger partial charge on any atom is -0.491 e. The fraction of sp³-hybridized carbons (Fsp3) is 0.500. The summed E-state index contributed by atoms with van der Waals surface area (Å²) in [6.07, 6.45) is 4.27. The Morgan fingerprint density at radius 3 is 2.68 bits per heavy atom. The molecule has 12 heteroatoms. The third-order valence-electron chi connectivity index (χ3n) is 6.63. The Morgan fingerprint density at radius 1 is 1.18 bits per heavy atom. The van der Waals surface area contributed by atoms with Gasteiger partial charge in [0.2, 0.25) is 5.82 Å². The zero-order valence-electron chi connectivity index (χ0n) is 18.4. The summed E-state index contributed by atoms with van der Waals surface area (Å²) in [5.74, 6) is 2.10. The lowest BCUT2D eigenvalue weighted by Gasteiger charge is -2.25. The molecule has 2 saturated heterocycles. The second-order valence-electron chi connectivity index (χ2n) is 9.24. The average Bonchev–Trinajstić information content (AvgIpc) is 3.18. The van der Waals surface area contributed by atoms with Crippen molar-refractivity contribution < 1.29 is 14.6 Å². The van der Waals surface area contributed by atoms with E-state index in [1.165, 1.54) is 24.2 Å². The summed E-state index contributed by atoms with van der Waals surface area (Å²) in [7, 11) is 0. The zero-order valence-corrected chi connectivity index (χ0v) is 20.0. The van der Waals surface area contributed by atoms with Crippen LogP contribution in [0.15, 0.2) is 24.4 Å². The van der Waals surface area contributed by atoms with E-state index < -0.39 is 5.97 Å². The van der Waals surface area contributed by atoms with Gasteiger partial charge in [-0.1, -0.05) is 22.9 Å². The molecular formula is C22H24ClN7O3S. The van der Waals surface area contributed by atoms with Crippen LogP contribution in [-0.4, -0.2) is 69.1 Å². The number of anilines is 2. The molecule has 2 aliphatic heterocycles. The Bertz CT molecular complexity index is 1200. The standard InChI is InChI=1S/C22H24ClN7O3S/c23-16-3-4-18(33-12-13-1-2-13)17(5-16)28-7-14-9-29(10-15(14)8-28)22-24-6-19(34-22)21-25-27-30(26-21)11-20(31)32/h3-6,13-15H,1-2,7-12H2,(H,31,32). The van der Waals surface area contributed by atoms with Crippen LogP contribution in [0.2, 0.25) is 5.02 Å². The van der Waals surface area contributed by atoms with Gasteiger partial charge in [0.1, 0.15) is 5.75 Å². The normalized spacial score (nSPS) is 21.8. The van der Waals surface area contributed by atoms with Crippen molar-refractivity contribution in [2.24, 2.45) is 17.8 Å². The number of aliphatic carboxylic acids is 1. The number of hydrogen-bond donors (Lipinski definition) is 1. The Morgan fingerprint density at radius 2 is 1.94 bits per heavy atom. The van der Waals surface area contributed by atoms with Gasteiger partial charge in [0.25, 0.3) is 0 Å². The molecule has 2 atom stereocenters. The summed E-state index contributed by atoms with van der Waals surface area (Å²) in [6, 6.07) is 5.93. The third kappa shape index (κ3) is 4.41. The summed E-state index contributed by atoms with van der Waals surface area (Å²) in [5, 5.41) is 22.5. The monoisotopic (exact) mass is 501 g/mol. The Kier molecular flexibility index (Phi) is 5.53. The van der Waals surface area contributed by atoms with E-state index in [-0.39, 0.29) is 6.54 Å². The molecule has 3 aromatic rings. The molecule has 178 valence electrons. The number of ether oxygens (including phenoxy) is 1. The second-order valence-corrected chi connectivity index (χ2v) is 10.7. The second kappa shape index (κ2) is 8.70. The maximum atomic E-state index is 10.8. The summed E-state index contributed by atoms with van der Waals surface area (Å²) in [6.45, 7) is 4.27. The third-order valence-corrected chi connectivity index (χ3v) is 7.92. The van der Waals surface area contributed by atoms with Crippen molar-refractivity contribution in [1.29, 1.82) is 0 Å². The maximum absolute atomic E-state index is 10.8. The molecule has 1 aromatic carbocycles. The van der Waals surface area contributed by atoms with Crippen LogP contribution in [0.3, 0.4) is 0 Å². The maximum Gasteiger partial charge on any atom is 0.327 e. The highest BCUT2D eigenvalue weighted by atomic mass is 35.5. The molecule has 1 N–H and O–H groups in total. The first kappa shape index (κ1) is 21.6. The van der Waals surface area contributed by atoms with Crippen molar-refractivity contribution in [3.8, 4) is 16.5 Å². The quantitative estimate of drug-likeness (QED) is 0.498. The lowest BCUT2D eigenvalue weighted by Crippen LogP contribution is -2.29. The number of tetrazole rings is 1. The first-order valence-electron chi connectivity index (χ1n) is 11.4. The van der Waals surface area contributed by atoms with Gasteiger partial charge in [0.05, 0.1) is 23.4 Å². The van der Waals surface area contributed by atoms with Crippen LogP contribution in [0, 0.1) is 17.8 Å². The molecule has 2 unspecified atom stereocenters. The van der Waals surface area contributed by atoms with E-state index >= 15 is 0 Å². The highest BCUT2D eigenvalue weighted by Gasteiger charge is 2.41. The van der Waals surface area contributed by atoms with Crippen molar-refractivity contribution in [3.05, 3.63) is 29.4 Å². The number of rotatable bonds is 8. The number of thiazole rings is 1. The van der Waals surface area contributed by atoms with Crippen LogP contribution in [0.4, 0.5) is 10.8 Å². The Balaban J connectivity index is 1.11. The van der Waals surface area contributed by atoms with Crippen molar-refractivity contribution >= 4 is 39.7 Å². The van der Waals surface area contributed by atoms with E-state index in [1.54, 1.807) is 6.20 Å². The Hall–Kier alpha value is -2.92. The molecule has 10 nitrogen and oxygen atoms in total. The topological polar surface area (TPSA) is 109 Å². The van der Waals surface area contributed by atoms with E-state index in [0.29, 0.717) is 23.6 Å². The Labute approximate surface area is 205 Å². The van der Waals surface area contributed by atoms with Gasteiger partial charge in [-0.15, -0.1) is 10.2 Å². The van der Waals surface area contributed by atoms with E-state index in [9.17, 15) is 4.79 Å². The van der Waals surface area contributed by atoms with Crippen molar-refractivity contribution in [2.45, 2.75) is 19.4 Å². The SMILES string of the molecule is O=C(O)Cn1nnc(-c2cnc(N3CC4CN(c5cc(Cl)ccc5OCC5CC5)CC4C3)s2)n1. The minimum absolute atomic E-state index is 0.315. The van der Waals surface area contributed by atoms with Crippen molar-refractivity contribution in [2.75, 3.05) is 42.6 Å². The predicted molar refractivity (Wildman–Crippen MR) is 128 cm³/mol. The van der Waals surface area contributed by atoms with E-state index in [1.807, 2.05) is 18.2 Å². The first-order chi connectivity index (χ1) is 16.5. The number of fused-ring (bicyclic) bond motifs is 1. The van der Waals surface area contributed by atoms with Gasteiger partial charge in [0.15, 0.2) is 11.7 Å². The highest BCUT2D eigenvalue weighted by Crippen LogP contribution is 2.42.